The lowest BCUT2D eigenvalue weighted by Gasteiger charge is -2.09. The molecule has 0 spiro atoms. The van der Waals surface area contributed by atoms with Gasteiger partial charge >= 0.3 is 6.03 Å². The van der Waals surface area contributed by atoms with Crippen LogP contribution in [0.2, 0.25) is 0 Å². The molecule has 10 nitrogen and oxygen atoms in total. The Morgan fingerprint density at radius 1 is 1.24 bits per heavy atom. The molecular weight excluding hydrogens is 464 g/mol. The topological polar surface area (TPSA) is 128 Å². The van der Waals surface area contributed by atoms with Crippen molar-refractivity contribution in [1.29, 1.82) is 0 Å². The van der Waals surface area contributed by atoms with Crippen LogP contribution in [-0.4, -0.2) is 54.2 Å². The molecule has 0 fully saturated rings. The normalized spacial score (nSPS) is 11.7. The maximum atomic E-state index is 13.0. The number of amides is 2. The van der Waals surface area contributed by atoms with Crippen molar-refractivity contribution in [1.82, 2.24) is 29.6 Å². The number of carbonyl (C=O) groups excluding carboxylic acids is 1. The minimum absolute atomic E-state index is 0.0573. The van der Waals surface area contributed by atoms with Gasteiger partial charge in [-0.05, 0) is 25.3 Å². The third-order valence-electron chi connectivity index (χ3n) is 4.67. The van der Waals surface area contributed by atoms with Crippen LogP contribution in [0.3, 0.4) is 0 Å². The Labute approximate surface area is 197 Å². The van der Waals surface area contributed by atoms with Crippen molar-refractivity contribution in [2.45, 2.75) is 37.9 Å². The molecule has 0 aromatic carbocycles. The number of methoxy groups -OCH3 is 1. The van der Waals surface area contributed by atoms with E-state index in [-0.39, 0.29) is 17.4 Å². The summed E-state index contributed by atoms with van der Waals surface area (Å²) in [6, 6.07) is 1.03. The zero-order chi connectivity index (χ0) is 24.0. The molecule has 0 bridgehead atoms. The molecule has 2 N–H and O–H groups in total. The number of hydrogen-bond acceptors (Lipinski definition) is 8. The summed E-state index contributed by atoms with van der Waals surface area (Å²) in [5.74, 6) is 1.77. The Kier molecular flexibility index (Phi) is 8.16. The average molecular weight is 493 g/mol. The van der Waals surface area contributed by atoms with Crippen LogP contribution in [0, 0.1) is 12.8 Å². The van der Waals surface area contributed by atoms with Gasteiger partial charge in [0.1, 0.15) is 15.9 Å². The molecule has 0 aliphatic carbocycles. The van der Waals surface area contributed by atoms with Crippen LogP contribution in [0.4, 0.5) is 4.79 Å². The van der Waals surface area contributed by atoms with E-state index in [1.807, 2.05) is 23.8 Å². The molecule has 3 heterocycles. The molecule has 0 saturated carbocycles. The van der Waals surface area contributed by atoms with Crippen LogP contribution in [0.5, 0.6) is 0 Å². The number of nitrogens with zero attached hydrogens (tertiary/aromatic N) is 4. The van der Waals surface area contributed by atoms with E-state index in [1.54, 1.807) is 18.6 Å². The van der Waals surface area contributed by atoms with Gasteiger partial charge in [0.15, 0.2) is 0 Å². The van der Waals surface area contributed by atoms with Crippen LogP contribution < -0.4 is 10.0 Å². The Balaban J connectivity index is 1.88. The summed E-state index contributed by atoms with van der Waals surface area (Å²) in [7, 11) is -2.60. The number of aryl methyl sites for hydroxylation is 1. The minimum Gasteiger partial charge on any atom is -0.383 e. The fourth-order valence-corrected chi connectivity index (χ4v) is 5.98. The summed E-state index contributed by atoms with van der Waals surface area (Å²) in [6.45, 7) is 6.95. The van der Waals surface area contributed by atoms with Gasteiger partial charge in [-0.2, -0.15) is 0 Å². The second-order valence-electron chi connectivity index (χ2n) is 7.86. The van der Waals surface area contributed by atoms with E-state index in [9.17, 15) is 13.2 Å². The van der Waals surface area contributed by atoms with Crippen molar-refractivity contribution < 1.29 is 17.9 Å². The zero-order valence-electron chi connectivity index (χ0n) is 19.0. The van der Waals surface area contributed by atoms with E-state index in [4.69, 9.17) is 4.74 Å². The molecule has 3 aromatic rings. The number of imidazole rings is 1. The molecule has 178 valence electrons. The second-order valence-corrected chi connectivity index (χ2v) is 10.9. The van der Waals surface area contributed by atoms with Crippen molar-refractivity contribution in [3.63, 3.8) is 0 Å². The number of aromatic nitrogens is 4. The van der Waals surface area contributed by atoms with Gasteiger partial charge in [-0.1, -0.05) is 13.8 Å². The van der Waals surface area contributed by atoms with E-state index in [0.29, 0.717) is 35.8 Å². The molecule has 0 saturated heterocycles. The van der Waals surface area contributed by atoms with E-state index >= 15 is 0 Å². The van der Waals surface area contributed by atoms with Gasteiger partial charge in [-0.25, -0.2) is 32.9 Å². The molecule has 3 rings (SSSR count). The van der Waals surface area contributed by atoms with Crippen LogP contribution >= 0.6 is 11.3 Å². The maximum Gasteiger partial charge on any atom is 0.328 e. The first-order valence-corrected chi connectivity index (χ1v) is 12.7. The molecule has 0 atom stereocenters. The fourth-order valence-electron chi connectivity index (χ4n) is 3.10. The molecule has 0 unspecified atom stereocenters. The van der Waals surface area contributed by atoms with Gasteiger partial charge in [0.2, 0.25) is 0 Å². The molecule has 3 aromatic heterocycles. The number of urea groups is 1. The summed E-state index contributed by atoms with van der Waals surface area (Å²) in [6.07, 6.45) is 7.48. The molecule has 0 aliphatic heterocycles. The van der Waals surface area contributed by atoms with Gasteiger partial charge in [0.05, 0.1) is 13.2 Å². The van der Waals surface area contributed by atoms with Crippen molar-refractivity contribution in [3.05, 3.63) is 47.4 Å². The number of hydrogen-bond donors (Lipinski definition) is 2. The van der Waals surface area contributed by atoms with Crippen LogP contribution in [0.1, 0.15) is 30.4 Å². The monoisotopic (exact) mass is 492 g/mol. The molecule has 0 radical (unpaired) electrons. The van der Waals surface area contributed by atoms with E-state index < -0.39 is 16.1 Å². The van der Waals surface area contributed by atoms with Gasteiger partial charge in [0.25, 0.3) is 10.0 Å². The minimum atomic E-state index is -4.10. The Bertz CT molecular complexity index is 1190. The Morgan fingerprint density at radius 2 is 1.97 bits per heavy atom. The lowest BCUT2D eigenvalue weighted by atomic mass is 10.1. The zero-order valence-corrected chi connectivity index (χ0v) is 20.7. The van der Waals surface area contributed by atoms with Gasteiger partial charge in [0, 0.05) is 54.4 Å². The van der Waals surface area contributed by atoms with Crippen molar-refractivity contribution in [2.75, 3.05) is 20.3 Å². The Morgan fingerprint density at radius 3 is 2.58 bits per heavy atom. The highest BCUT2D eigenvalue weighted by atomic mass is 32.2. The van der Waals surface area contributed by atoms with E-state index in [2.05, 4.69) is 38.8 Å². The lowest BCUT2D eigenvalue weighted by Crippen LogP contribution is -2.40. The lowest BCUT2D eigenvalue weighted by molar-refractivity contribution is 0.197. The molecule has 33 heavy (non-hydrogen) atoms. The highest BCUT2D eigenvalue weighted by Gasteiger charge is 2.26. The molecular formula is C21H28N6O4S2. The number of rotatable bonds is 10. The smallest absolute Gasteiger partial charge is 0.328 e. The van der Waals surface area contributed by atoms with E-state index in [1.165, 1.54) is 7.11 Å². The van der Waals surface area contributed by atoms with Gasteiger partial charge in [-0.3, -0.25) is 0 Å². The van der Waals surface area contributed by atoms with Crippen LogP contribution in [-0.2, 0) is 27.7 Å². The van der Waals surface area contributed by atoms with Crippen LogP contribution in [0.15, 0.2) is 35.1 Å². The fraction of sp³-hybridized carbons (Fsp3) is 0.429. The average Bonchev–Trinajstić information content (AvgIpc) is 3.35. The summed E-state index contributed by atoms with van der Waals surface area (Å²) in [4.78, 5) is 26.0. The highest BCUT2D eigenvalue weighted by molar-refractivity contribution is 7.92. The highest BCUT2D eigenvalue weighted by Crippen LogP contribution is 2.35. The number of ether oxygens (including phenoxy) is 1. The van der Waals surface area contributed by atoms with Gasteiger partial charge < -0.3 is 14.6 Å². The first-order valence-electron chi connectivity index (χ1n) is 10.4. The standard InChI is InChI=1S/C21H28N6O4S2/c1-14(2)9-17-10-18(20(32-17)33(29,30)26-21(28)23-6-8-31-4)16-11-24-19(25-12-16)13-27-7-5-22-15(27)3/h5,7,10-12,14H,6,8-9,13H2,1-4H3,(H2,23,26,28). The molecule has 0 aliphatic rings. The number of thiophene rings is 1. The summed E-state index contributed by atoms with van der Waals surface area (Å²) < 4.78 is 35.0. The van der Waals surface area contributed by atoms with Crippen LogP contribution in [0.25, 0.3) is 11.1 Å². The Hall–Kier alpha value is -2.83. The van der Waals surface area contributed by atoms with Crippen molar-refractivity contribution >= 4 is 27.4 Å². The largest absolute Gasteiger partial charge is 0.383 e. The third kappa shape index (κ3) is 6.59. The second kappa shape index (κ2) is 10.9. The maximum absolute atomic E-state index is 13.0. The quantitative estimate of drug-likeness (QED) is 0.416. The van der Waals surface area contributed by atoms with Crippen molar-refractivity contribution in [2.24, 2.45) is 5.92 Å². The predicted molar refractivity (Wildman–Crippen MR) is 126 cm³/mol. The number of sulfonamides is 1. The SMILES string of the molecule is COCCNC(=O)NS(=O)(=O)c1sc(CC(C)C)cc1-c1cnc(Cn2ccnc2C)nc1. The van der Waals surface area contributed by atoms with Gasteiger partial charge in [-0.15, -0.1) is 11.3 Å². The van der Waals surface area contributed by atoms with E-state index in [0.717, 1.165) is 22.0 Å². The first kappa shape index (κ1) is 24.8. The number of carbonyl (C=O) groups is 1. The summed E-state index contributed by atoms with van der Waals surface area (Å²) >= 11 is 1.15. The van der Waals surface area contributed by atoms with Crippen molar-refractivity contribution in [3.8, 4) is 11.1 Å². The number of nitrogens with one attached hydrogen (secondary N) is 2. The predicted octanol–water partition coefficient (Wildman–Crippen LogP) is 2.59. The summed E-state index contributed by atoms with van der Waals surface area (Å²) in [5.41, 5.74) is 1.03. The third-order valence-corrected chi connectivity index (χ3v) is 7.70. The molecule has 12 heteroatoms. The summed E-state index contributed by atoms with van der Waals surface area (Å²) in [5, 5.41) is 2.46. The first-order chi connectivity index (χ1) is 15.7. The molecule has 2 amide bonds.